The van der Waals surface area contributed by atoms with Crippen molar-refractivity contribution in [2.75, 3.05) is 13.1 Å². The standard InChI is InChI=1S/C19H22ClN3.ClH/c1-4-22(5-2)13-23-18-11-10-16(20)12-17(18)21-19(23)15-8-6-14(3)7-9-15;/h6-12H,4-5,13H2,1-3H3;1H. The van der Waals surface area contributed by atoms with Crippen molar-refractivity contribution in [3.05, 3.63) is 53.1 Å². The molecule has 0 unspecified atom stereocenters. The molecule has 0 atom stereocenters. The molecule has 3 rings (SSSR count). The minimum absolute atomic E-state index is 0. The predicted molar refractivity (Wildman–Crippen MR) is 97.0 cm³/mol. The van der Waals surface area contributed by atoms with Crippen LogP contribution in [0.3, 0.4) is 0 Å². The number of nitrogens with zero attached hydrogens (tertiary/aromatic N) is 2. The summed E-state index contributed by atoms with van der Waals surface area (Å²) in [6.45, 7) is 9.65. The molecule has 1 heterocycles. The Morgan fingerprint density at radius 2 is 1.71 bits per heavy atom. The van der Waals surface area contributed by atoms with Crippen molar-refractivity contribution < 1.29 is 17.3 Å². The molecular weight excluding hydrogens is 341 g/mol. The third-order valence-electron chi connectivity index (χ3n) is 4.40. The molecule has 3 aromatic rings. The summed E-state index contributed by atoms with van der Waals surface area (Å²) < 4.78 is 2.32. The van der Waals surface area contributed by atoms with Crippen molar-refractivity contribution in [1.82, 2.24) is 9.55 Å². The van der Waals surface area contributed by atoms with Crippen molar-refractivity contribution in [3.63, 3.8) is 0 Å². The van der Waals surface area contributed by atoms with E-state index in [9.17, 15) is 0 Å². The lowest BCUT2D eigenvalue weighted by Gasteiger charge is -2.18. The summed E-state index contributed by atoms with van der Waals surface area (Å²) in [5.41, 5.74) is 4.51. The van der Waals surface area contributed by atoms with Gasteiger partial charge in [-0.05, 0) is 39.0 Å². The molecule has 0 aliphatic heterocycles. The molecule has 0 amide bonds. The number of fused-ring (bicyclic) bond motifs is 1. The summed E-state index contributed by atoms with van der Waals surface area (Å²) in [7, 11) is 0. The van der Waals surface area contributed by atoms with Crippen LogP contribution in [0.25, 0.3) is 22.4 Å². The van der Waals surface area contributed by atoms with Crippen LogP contribution < -0.4 is 17.3 Å². The van der Waals surface area contributed by atoms with Gasteiger partial charge in [-0.2, -0.15) is 0 Å². The summed E-state index contributed by atoms with van der Waals surface area (Å²) in [6, 6.07) is 14.5. The molecule has 0 saturated heterocycles. The Balaban J connectivity index is 0.00000208. The van der Waals surface area contributed by atoms with Crippen molar-refractivity contribution in [2.45, 2.75) is 27.4 Å². The van der Waals surface area contributed by atoms with Crippen LogP contribution in [0, 0.1) is 6.92 Å². The summed E-state index contributed by atoms with van der Waals surface area (Å²) in [6.07, 6.45) is 0. The zero-order valence-corrected chi connectivity index (χ0v) is 15.8. The van der Waals surface area contributed by atoms with Gasteiger partial charge in [0.25, 0.3) is 0 Å². The largest absolute Gasteiger partial charge is 1.00 e. The Labute approximate surface area is 154 Å². The van der Waals surface area contributed by atoms with Crippen molar-refractivity contribution in [3.8, 4) is 11.4 Å². The van der Waals surface area contributed by atoms with E-state index in [4.69, 9.17) is 16.6 Å². The zero-order chi connectivity index (χ0) is 16.4. The van der Waals surface area contributed by atoms with Gasteiger partial charge in [-0.3, -0.25) is 4.57 Å². The molecule has 0 aliphatic carbocycles. The molecule has 5 heteroatoms. The van der Waals surface area contributed by atoms with E-state index in [0.29, 0.717) is 0 Å². The fourth-order valence-corrected chi connectivity index (χ4v) is 3.05. The Kier molecular flexibility index (Phi) is 6.27. The number of rotatable bonds is 5. The van der Waals surface area contributed by atoms with Gasteiger partial charge in [-0.15, -0.1) is 0 Å². The molecule has 0 saturated carbocycles. The predicted octanol–water partition coefficient (Wildman–Crippen LogP) is 0.551. The van der Waals surface area contributed by atoms with E-state index < -0.39 is 0 Å². The number of benzene rings is 2. The third kappa shape index (κ3) is 3.75. The van der Waals surface area contributed by atoms with Gasteiger partial charge >= 0.3 is 0 Å². The van der Waals surface area contributed by atoms with Crippen LogP contribution in [0.15, 0.2) is 42.5 Å². The summed E-state index contributed by atoms with van der Waals surface area (Å²) >= 11 is 6.15. The first kappa shape index (κ1) is 18.8. The molecule has 3 nitrogen and oxygen atoms in total. The van der Waals surface area contributed by atoms with E-state index in [1.54, 1.807) is 0 Å². The molecule has 128 valence electrons. The van der Waals surface area contributed by atoms with Gasteiger partial charge < -0.3 is 17.3 Å². The van der Waals surface area contributed by atoms with Crippen LogP contribution in [-0.4, -0.2) is 22.6 Å². The van der Waals surface area contributed by atoms with Gasteiger partial charge in [0.05, 0.1) is 24.1 Å². The first-order valence-corrected chi connectivity index (χ1v) is 8.56. The second-order valence-electron chi connectivity index (χ2n) is 5.98. The number of aryl methyl sites for hydroxylation is 1. The smallest absolute Gasteiger partial charge is 0.158 e. The highest BCUT2D eigenvalue weighted by Crippen LogP contribution is 2.26. The number of halogens is 2. The van der Waals surface area contributed by atoms with Gasteiger partial charge in [-0.1, -0.05) is 41.4 Å². The minimum Gasteiger partial charge on any atom is -1.00 e. The van der Waals surface area contributed by atoms with Gasteiger partial charge in [0.1, 0.15) is 5.82 Å². The van der Waals surface area contributed by atoms with E-state index in [1.807, 2.05) is 12.1 Å². The first-order chi connectivity index (χ1) is 11.1. The first-order valence-electron chi connectivity index (χ1n) is 8.18. The van der Waals surface area contributed by atoms with Crippen LogP contribution in [0.2, 0.25) is 5.02 Å². The molecular formula is C19H23Cl2N3. The Morgan fingerprint density at radius 1 is 1.04 bits per heavy atom. The molecule has 0 aliphatic rings. The maximum atomic E-state index is 6.15. The lowest BCUT2D eigenvalue weighted by Crippen LogP contribution is -3.10. The van der Waals surface area contributed by atoms with Crippen LogP contribution in [0.1, 0.15) is 19.4 Å². The average Bonchev–Trinajstić information content (AvgIpc) is 2.90. The molecule has 0 spiro atoms. The highest BCUT2D eigenvalue weighted by atomic mass is 35.5. The fourth-order valence-electron chi connectivity index (χ4n) is 2.88. The van der Waals surface area contributed by atoms with Crippen LogP contribution in [0.4, 0.5) is 0 Å². The van der Waals surface area contributed by atoms with Gasteiger partial charge in [0, 0.05) is 10.6 Å². The van der Waals surface area contributed by atoms with E-state index in [0.717, 1.165) is 47.2 Å². The number of hydrogen-bond donors (Lipinski definition) is 1. The fraction of sp³-hybridized carbons (Fsp3) is 0.316. The highest BCUT2D eigenvalue weighted by Gasteiger charge is 2.16. The maximum absolute atomic E-state index is 6.15. The lowest BCUT2D eigenvalue weighted by molar-refractivity contribution is -0.918. The quantitative estimate of drug-likeness (QED) is 0.702. The monoisotopic (exact) mass is 363 g/mol. The molecule has 0 fully saturated rings. The average molecular weight is 364 g/mol. The van der Waals surface area contributed by atoms with Gasteiger partial charge in [0.15, 0.2) is 6.67 Å². The topological polar surface area (TPSA) is 22.3 Å². The van der Waals surface area contributed by atoms with Gasteiger partial charge in [-0.25, -0.2) is 4.98 Å². The normalized spacial score (nSPS) is 11.0. The summed E-state index contributed by atoms with van der Waals surface area (Å²) in [4.78, 5) is 6.38. The van der Waals surface area contributed by atoms with E-state index in [2.05, 4.69) is 55.7 Å². The SMILES string of the molecule is CC[NH+](CC)Cn1c(-c2ccc(C)cc2)nc2cc(Cl)ccc21.[Cl-]. The van der Waals surface area contributed by atoms with Crippen molar-refractivity contribution in [2.24, 2.45) is 0 Å². The van der Waals surface area contributed by atoms with Crippen LogP contribution in [0.5, 0.6) is 0 Å². The molecule has 24 heavy (non-hydrogen) atoms. The number of aromatic nitrogens is 2. The number of nitrogens with one attached hydrogen (secondary N) is 1. The molecule has 1 aromatic heterocycles. The third-order valence-corrected chi connectivity index (χ3v) is 4.64. The van der Waals surface area contributed by atoms with Gasteiger partial charge in [0.2, 0.25) is 0 Å². The second kappa shape index (κ2) is 8.02. The maximum Gasteiger partial charge on any atom is 0.158 e. The highest BCUT2D eigenvalue weighted by molar-refractivity contribution is 6.31. The van der Waals surface area contributed by atoms with E-state index >= 15 is 0 Å². The molecule has 1 N–H and O–H groups in total. The van der Waals surface area contributed by atoms with E-state index in [1.165, 1.54) is 10.5 Å². The second-order valence-corrected chi connectivity index (χ2v) is 6.41. The summed E-state index contributed by atoms with van der Waals surface area (Å²) in [5.74, 6) is 1.02. The Hall–Kier alpha value is -1.55. The van der Waals surface area contributed by atoms with Crippen LogP contribution in [-0.2, 0) is 6.67 Å². The number of hydrogen-bond acceptors (Lipinski definition) is 1. The summed E-state index contributed by atoms with van der Waals surface area (Å²) in [5, 5.41) is 0.729. The number of imidazole rings is 1. The van der Waals surface area contributed by atoms with Crippen molar-refractivity contribution >= 4 is 22.6 Å². The molecule has 0 radical (unpaired) electrons. The Morgan fingerprint density at radius 3 is 2.33 bits per heavy atom. The lowest BCUT2D eigenvalue weighted by atomic mass is 10.1. The van der Waals surface area contributed by atoms with Crippen molar-refractivity contribution in [1.29, 1.82) is 0 Å². The van der Waals surface area contributed by atoms with Crippen LogP contribution >= 0.6 is 11.6 Å². The molecule has 0 bridgehead atoms. The minimum atomic E-state index is 0. The Bertz CT molecular complexity index is 805. The zero-order valence-electron chi connectivity index (χ0n) is 14.3. The molecule has 2 aromatic carbocycles. The number of quaternary nitrogens is 1. The van der Waals surface area contributed by atoms with E-state index in [-0.39, 0.29) is 12.4 Å².